The fraction of sp³-hybridized carbons (Fsp3) is 0.0952. The van der Waals surface area contributed by atoms with Crippen LogP contribution < -0.4 is 41.9 Å². The van der Waals surface area contributed by atoms with Crippen molar-refractivity contribution < 1.29 is 18.9 Å². The second kappa shape index (κ2) is 13.5. The van der Waals surface area contributed by atoms with E-state index in [1.165, 1.54) is 0 Å². The van der Waals surface area contributed by atoms with Crippen molar-refractivity contribution in [2.45, 2.75) is 24.2 Å². The second-order valence-electron chi connectivity index (χ2n) is 12.3. The SMILES string of the molecule is Nc1ccc(OC2=CCC(Oc3ccc(N)cc3)(C3=C(c4ccccc4)C=CC(Oc4ccc(N)cc4)(Oc4ccc(N)cc4)C3)C=C2)cc1. The van der Waals surface area contributed by atoms with Gasteiger partial charge in [0.05, 0.1) is 6.42 Å². The summed E-state index contributed by atoms with van der Waals surface area (Å²) in [7, 11) is 0. The number of benzene rings is 5. The third-order valence-corrected chi connectivity index (χ3v) is 8.61. The van der Waals surface area contributed by atoms with Crippen LogP contribution in [0.5, 0.6) is 23.0 Å². The summed E-state index contributed by atoms with van der Waals surface area (Å²) in [6, 6.07) is 39.4. The lowest BCUT2D eigenvalue weighted by Gasteiger charge is -2.43. The van der Waals surface area contributed by atoms with Gasteiger partial charge in [0, 0.05) is 35.2 Å². The molecule has 0 saturated carbocycles. The largest absolute Gasteiger partial charge is 0.478 e. The molecule has 0 aliphatic heterocycles. The van der Waals surface area contributed by atoms with E-state index in [1.54, 1.807) is 24.3 Å². The number of anilines is 4. The predicted molar refractivity (Wildman–Crippen MR) is 200 cm³/mol. The number of nitrogens with two attached hydrogens (primary N) is 4. The zero-order chi connectivity index (χ0) is 34.6. The summed E-state index contributed by atoms with van der Waals surface area (Å²) in [6.45, 7) is 0. The molecule has 7 rings (SSSR count). The van der Waals surface area contributed by atoms with Crippen molar-refractivity contribution in [1.29, 1.82) is 0 Å². The number of allylic oxidation sites excluding steroid dienone is 3. The Balaban J connectivity index is 1.35. The van der Waals surface area contributed by atoms with Crippen LogP contribution >= 0.6 is 0 Å². The second-order valence-corrected chi connectivity index (χ2v) is 12.3. The van der Waals surface area contributed by atoms with Crippen LogP contribution in [-0.2, 0) is 0 Å². The fourth-order valence-electron chi connectivity index (χ4n) is 6.07. The van der Waals surface area contributed by atoms with E-state index in [4.69, 9.17) is 41.9 Å². The molecule has 0 spiro atoms. The van der Waals surface area contributed by atoms with Crippen LogP contribution in [0.4, 0.5) is 22.7 Å². The van der Waals surface area contributed by atoms with Gasteiger partial charge in [0.2, 0.25) is 0 Å². The monoisotopic (exact) mass is 662 g/mol. The van der Waals surface area contributed by atoms with E-state index in [0.29, 0.717) is 64.3 Å². The highest BCUT2D eigenvalue weighted by atomic mass is 16.7. The molecule has 8 heteroatoms. The summed E-state index contributed by atoms with van der Waals surface area (Å²) < 4.78 is 26.8. The first-order valence-electron chi connectivity index (χ1n) is 16.3. The van der Waals surface area contributed by atoms with Crippen LogP contribution in [0, 0.1) is 0 Å². The summed E-state index contributed by atoms with van der Waals surface area (Å²) >= 11 is 0. The van der Waals surface area contributed by atoms with Gasteiger partial charge in [-0.25, -0.2) is 0 Å². The van der Waals surface area contributed by atoms with Crippen LogP contribution in [-0.4, -0.2) is 11.4 Å². The molecule has 0 fully saturated rings. The van der Waals surface area contributed by atoms with Crippen LogP contribution in [0.25, 0.3) is 5.57 Å². The minimum atomic E-state index is -1.28. The maximum absolute atomic E-state index is 7.03. The normalized spacial score (nSPS) is 17.9. The number of rotatable bonds is 10. The topological polar surface area (TPSA) is 141 Å². The molecule has 0 radical (unpaired) electrons. The standard InChI is InChI=1S/C42H38N4O4/c43-30-6-14-34(15-7-30)47-35-22-25-41(26-23-35,48-36-16-8-31(44)9-17-36)40-28-42(49-37-18-10-32(45)11-19-37,50-38-20-12-33(46)13-21-38)27-24-39(40)29-4-2-1-3-5-29/h1-25,27H,26,28,43-46H2. The van der Waals surface area contributed by atoms with Gasteiger partial charge in [0.1, 0.15) is 28.8 Å². The number of hydrogen-bond acceptors (Lipinski definition) is 8. The lowest BCUT2D eigenvalue weighted by Crippen LogP contribution is -2.48. The first kappa shape index (κ1) is 32.0. The molecule has 1 unspecified atom stereocenters. The molecule has 5 aromatic carbocycles. The van der Waals surface area contributed by atoms with Crippen molar-refractivity contribution in [3.05, 3.63) is 175 Å². The van der Waals surface area contributed by atoms with E-state index < -0.39 is 11.4 Å². The van der Waals surface area contributed by atoms with Gasteiger partial charge < -0.3 is 41.9 Å². The van der Waals surface area contributed by atoms with Gasteiger partial charge in [-0.05, 0) is 132 Å². The lowest BCUT2D eigenvalue weighted by molar-refractivity contribution is -0.0750. The van der Waals surface area contributed by atoms with Gasteiger partial charge in [-0.1, -0.05) is 36.4 Å². The smallest absolute Gasteiger partial charge is 0.275 e. The molecule has 250 valence electrons. The van der Waals surface area contributed by atoms with Crippen molar-refractivity contribution in [2.75, 3.05) is 22.9 Å². The third-order valence-electron chi connectivity index (χ3n) is 8.61. The Morgan fingerprint density at radius 2 is 0.960 bits per heavy atom. The summed E-state index contributed by atoms with van der Waals surface area (Å²) in [5, 5.41) is 0. The van der Waals surface area contributed by atoms with Gasteiger partial charge in [-0.2, -0.15) is 0 Å². The van der Waals surface area contributed by atoms with E-state index in [0.717, 1.165) is 16.7 Å². The van der Waals surface area contributed by atoms with Gasteiger partial charge in [0.15, 0.2) is 5.60 Å². The van der Waals surface area contributed by atoms with Gasteiger partial charge in [-0.3, -0.25) is 0 Å². The van der Waals surface area contributed by atoms with E-state index in [9.17, 15) is 0 Å². The van der Waals surface area contributed by atoms with Crippen LogP contribution in [0.1, 0.15) is 18.4 Å². The molecular weight excluding hydrogens is 624 g/mol. The van der Waals surface area contributed by atoms with Crippen LogP contribution in [0.15, 0.2) is 169 Å². The minimum Gasteiger partial charge on any atom is -0.478 e. The summed E-state index contributed by atoms with van der Waals surface area (Å²) in [4.78, 5) is 0. The molecule has 5 aromatic rings. The number of hydrogen-bond donors (Lipinski definition) is 4. The Bertz CT molecular complexity index is 2020. The zero-order valence-electron chi connectivity index (χ0n) is 27.4. The molecule has 2 aliphatic rings. The summed E-state index contributed by atoms with van der Waals surface area (Å²) in [5.74, 6) is 1.92. The minimum absolute atomic E-state index is 0.295. The molecule has 2 aliphatic carbocycles. The molecule has 0 heterocycles. The predicted octanol–water partition coefficient (Wildman–Crippen LogP) is 8.32. The quantitative estimate of drug-likeness (QED) is 0.0864. The maximum Gasteiger partial charge on any atom is 0.275 e. The third kappa shape index (κ3) is 7.15. The van der Waals surface area contributed by atoms with Crippen molar-refractivity contribution in [3.63, 3.8) is 0 Å². The Morgan fingerprint density at radius 1 is 0.480 bits per heavy atom. The molecule has 0 aromatic heterocycles. The highest BCUT2D eigenvalue weighted by molar-refractivity contribution is 5.80. The van der Waals surface area contributed by atoms with Crippen molar-refractivity contribution in [3.8, 4) is 23.0 Å². The molecule has 8 nitrogen and oxygen atoms in total. The van der Waals surface area contributed by atoms with E-state index in [1.807, 2.05) is 115 Å². The van der Waals surface area contributed by atoms with Gasteiger partial charge in [0.25, 0.3) is 5.79 Å². The number of nitrogen functional groups attached to an aromatic ring is 4. The highest BCUT2D eigenvalue weighted by Crippen LogP contribution is 2.46. The average molecular weight is 663 g/mol. The van der Waals surface area contributed by atoms with E-state index >= 15 is 0 Å². The Hall–Kier alpha value is -6.54. The van der Waals surface area contributed by atoms with Crippen LogP contribution in [0.2, 0.25) is 0 Å². The Labute approximate surface area is 291 Å². The van der Waals surface area contributed by atoms with E-state index in [2.05, 4.69) is 18.2 Å². The first-order valence-corrected chi connectivity index (χ1v) is 16.3. The van der Waals surface area contributed by atoms with Gasteiger partial charge >= 0.3 is 0 Å². The fourth-order valence-corrected chi connectivity index (χ4v) is 6.07. The maximum atomic E-state index is 7.03. The summed E-state index contributed by atoms with van der Waals surface area (Å²) in [6.07, 6.45) is 10.8. The molecule has 0 saturated heterocycles. The average Bonchev–Trinajstić information content (AvgIpc) is 3.13. The summed E-state index contributed by atoms with van der Waals surface area (Å²) in [5.41, 5.74) is 28.5. The molecule has 0 bridgehead atoms. The molecule has 8 N–H and O–H groups in total. The van der Waals surface area contributed by atoms with Crippen LogP contribution in [0.3, 0.4) is 0 Å². The van der Waals surface area contributed by atoms with Crippen molar-refractivity contribution >= 4 is 28.3 Å². The number of ether oxygens (including phenoxy) is 4. The zero-order valence-corrected chi connectivity index (χ0v) is 27.4. The lowest BCUT2D eigenvalue weighted by atomic mass is 9.76. The van der Waals surface area contributed by atoms with Crippen molar-refractivity contribution in [2.24, 2.45) is 0 Å². The van der Waals surface area contributed by atoms with E-state index in [-0.39, 0.29) is 0 Å². The molecule has 50 heavy (non-hydrogen) atoms. The first-order chi connectivity index (χ1) is 24.3. The molecular formula is C42H38N4O4. The molecule has 1 atom stereocenters. The molecule has 0 amide bonds. The Morgan fingerprint density at radius 3 is 1.44 bits per heavy atom. The Kier molecular flexibility index (Phi) is 8.66. The van der Waals surface area contributed by atoms with Crippen molar-refractivity contribution in [1.82, 2.24) is 0 Å². The van der Waals surface area contributed by atoms with Gasteiger partial charge in [-0.15, -0.1) is 0 Å². The highest BCUT2D eigenvalue weighted by Gasteiger charge is 2.46.